The fourth-order valence-electron chi connectivity index (χ4n) is 17.7. The summed E-state index contributed by atoms with van der Waals surface area (Å²) in [5.41, 5.74) is 9.17. The van der Waals surface area contributed by atoms with Crippen molar-refractivity contribution in [3.05, 3.63) is 283 Å². The Morgan fingerprint density at radius 1 is 0.231 bits per heavy atom. The van der Waals surface area contributed by atoms with Gasteiger partial charge in [-0.3, -0.25) is 0 Å². The van der Waals surface area contributed by atoms with E-state index < -0.39 is 0 Å². The summed E-state index contributed by atoms with van der Waals surface area (Å²) < 4.78 is 15.3. The van der Waals surface area contributed by atoms with Gasteiger partial charge in [0.1, 0.15) is 0 Å². The maximum atomic E-state index is 3.36. The number of anilines is 8. The molecular weight excluding hydrogens is 2660 g/mol. The molecule has 0 unspecified atom stereocenters. The molecule has 0 N–H and O–H groups in total. The number of unbranched alkanes of at least 4 members (excludes halogenated alkanes) is 6. The smallest absolute Gasteiger partial charge is 0.300 e. The van der Waals surface area contributed by atoms with Gasteiger partial charge in [0.2, 0.25) is 0 Å². The van der Waals surface area contributed by atoms with Crippen molar-refractivity contribution in [3.8, 4) is 0 Å². The van der Waals surface area contributed by atoms with E-state index in [-0.39, 0.29) is 128 Å². The number of nitrogens with zero attached hydrogens (tertiary/aromatic N) is 18. The van der Waals surface area contributed by atoms with E-state index in [4.69, 9.17) is 0 Å². The predicted octanol–water partition coefficient (Wildman–Crippen LogP) is 19.3. The summed E-state index contributed by atoms with van der Waals surface area (Å²) in [7, 11) is 8.59. The molecule has 8 aromatic carbocycles. The van der Waals surface area contributed by atoms with Crippen LogP contribution in [0, 0.1) is 76.4 Å². The van der Waals surface area contributed by atoms with Crippen molar-refractivity contribution >= 4 is 129 Å². The SMILES string of the molecule is CB1N(c2[c-]cccc2)[CH-]N(c2ccccc2)B(C)N1C(C)C.CCCCCCN1B(C)N(C)[CH-]N(c2[c-]cccc2)B1C.CCCCCN1B(C)N(C)[CH-]N(c2[c-]cccc2)B1C.CCCCN1B(C)N(C)[CH-]N(c2[c-]cccc2)B1C.CCCN1B(C)N(C)[CH-]N(c2[c-]cccc2)B1C.CCCN1B(C)N(c2[c-]cccc2)[CH-]N(c2ccccc2)B1C.[Ir].[Ir].[Ir].[Ir].[Ir].[Ir]. The summed E-state index contributed by atoms with van der Waals surface area (Å²) in [5.74, 6) is 0. The minimum absolute atomic E-state index is 0. The zero-order valence-electron chi connectivity index (χ0n) is 82.0. The summed E-state index contributed by atoms with van der Waals surface area (Å²) in [6.45, 7) is 66.4. The van der Waals surface area contributed by atoms with Gasteiger partial charge in [0, 0.05) is 121 Å². The summed E-state index contributed by atoms with van der Waals surface area (Å²) in [6, 6.07) is 90.7. The number of para-hydroxylation sites is 8. The van der Waals surface area contributed by atoms with Gasteiger partial charge in [-0.25, -0.2) is 26.7 Å². The normalized spacial score (nSPS) is 16.6. The van der Waals surface area contributed by atoms with Gasteiger partial charge in [-0.2, -0.15) is 195 Å². The van der Waals surface area contributed by atoms with E-state index in [9.17, 15) is 0 Å². The monoisotopic (exact) mass is 2810 g/mol. The first-order valence-corrected chi connectivity index (χ1v) is 46.6. The van der Waals surface area contributed by atoms with Crippen molar-refractivity contribution in [2.24, 2.45) is 0 Å². The Labute approximate surface area is 878 Å². The molecule has 6 saturated heterocycles. The zero-order valence-corrected chi connectivity index (χ0v) is 96.3. The third kappa shape index (κ3) is 33.6. The Hall–Kier alpha value is -3.56. The van der Waals surface area contributed by atoms with Crippen molar-refractivity contribution in [2.45, 2.75) is 207 Å². The molecule has 6 fully saturated rings. The molecule has 710 valence electrons. The van der Waals surface area contributed by atoms with Gasteiger partial charge in [0.05, 0.1) is 0 Å². The molecule has 8 aromatic rings. The van der Waals surface area contributed by atoms with Gasteiger partial charge in [0.15, 0.2) is 0 Å². The van der Waals surface area contributed by atoms with E-state index >= 15 is 0 Å². The molecule has 0 saturated carbocycles. The standard InChI is InChI=1S/2C18H23B2N3.C16H27B2N3.C15H25B2N3.C14H23B2N3.C13H21B2N3.6Ir/c1-16(2)23-19(3)21(17-11-7-5-8-12-17)15-22(20(23)4)18-13-9-6-10-14-18;1-4-15-23-19(2)21(17-11-7-5-8-12-17)16-22(20(23)3)18-13-9-6-10-14-18;1-5-6-7-11-14-21-17(2)19(4)15-20(18(21)3)16-12-9-8-10-13-16;1-5-6-10-13-20-16(2)18(4)14-19(17(20)3)15-11-8-7-9-12-15;1-5-6-12-19-15(2)17(4)13-18(16(19)3)14-10-8-7-9-11-14;1-5-11-18-14(2)16(4)12-17(15(18)3)13-9-7-6-8-10-13;;;;;;/h5-13,15-16H,1-4H3;5-13,16H,4,15H2,1-3H3;8-10,12,15H,5-7,11,14H2,1-4H3;7-9,11,14H,5-6,10,13H2,1-4H3;7-10,13H,5-6,12H2,1-4H3;6-9,12H,5,11H2,1-4H3;;;;;;/q6*-2;;;;;;. The second kappa shape index (κ2) is 63.1. The Morgan fingerprint density at radius 3 is 0.708 bits per heavy atom. The van der Waals surface area contributed by atoms with Crippen molar-refractivity contribution in [3.63, 3.8) is 0 Å². The largest absolute Gasteiger partial charge is 0.562 e. The first kappa shape index (κ1) is 121. The van der Waals surface area contributed by atoms with Crippen LogP contribution in [0.1, 0.15) is 119 Å². The average Bonchev–Trinajstić information content (AvgIpc) is 0.775. The van der Waals surface area contributed by atoms with Crippen molar-refractivity contribution in [2.75, 3.05) is 99.4 Å². The van der Waals surface area contributed by atoms with E-state index in [1.807, 2.05) is 72.8 Å². The van der Waals surface area contributed by atoms with Crippen LogP contribution in [0.2, 0.25) is 81.9 Å². The summed E-state index contributed by atoms with van der Waals surface area (Å²) in [5, 5.41) is 0. The Morgan fingerprint density at radius 2 is 0.446 bits per heavy atom. The molecule has 6 radical (unpaired) electrons. The molecule has 6 aliphatic heterocycles. The first-order chi connectivity index (χ1) is 59.9. The van der Waals surface area contributed by atoms with Crippen molar-refractivity contribution in [1.29, 1.82) is 0 Å². The van der Waals surface area contributed by atoms with Gasteiger partial charge in [-0.05, 0) is 135 Å². The quantitative estimate of drug-likeness (QED) is 0.0310. The van der Waals surface area contributed by atoms with Gasteiger partial charge in [-0.15, -0.1) is 34.1 Å². The number of benzene rings is 8. The van der Waals surface area contributed by atoms with E-state index in [1.165, 1.54) is 75.6 Å². The summed E-state index contributed by atoms with van der Waals surface area (Å²) >= 11 is 0. The van der Waals surface area contributed by atoms with Crippen molar-refractivity contribution in [1.82, 2.24) is 47.6 Å². The molecule has 36 heteroatoms. The molecule has 0 bridgehead atoms. The molecule has 0 aromatic heterocycles. The zero-order chi connectivity index (χ0) is 89.4. The van der Waals surface area contributed by atoms with Crippen LogP contribution >= 0.6 is 0 Å². The van der Waals surface area contributed by atoms with E-state index in [0.29, 0.717) is 82.9 Å². The third-order valence-corrected chi connectivity index (χ3v) is 25.5. The van der Waals surface area contributed by atoms with E-state index in [2.05, 4.69) is 454 Å². The van der Waals surface area contributed by atoms with Crippen LogP contribution in [0.4, 0.5) is 45.5 Å². The third-order valence-electron chi connectivity index (χ3n) is 25.5. The van der Waals surface area contributed by atoms with Gasteiger partial charge < -0.3 is 86.1 Å². The molecule has 18 nitrogen and oxygen atoms in total. The number of rotatable bonds is 25. The molecule has 6 heterocycles. The Balaban J connectivity index is 0.000000399. The summed E-state index contributed by atoms with van der Waals surface area (Å²) in [6.07, 6.45) is 13.9. The molecule has 0 atom stereocenters. The molecule has 0 amide bonds. The van der Waals surface area contributed by atoms with E-state index in [0.717, 1.165) is 73.3 Å². The minimum atomic E-state index is 0. The molecule has 14 rings (SSSR count). The molecular formula is C94H142B12Ir6N18-12. The van der Waals surface area contributed by atoms with Crippen molar-refractivity contribution < 1.29 is 121 Å². The molecule has 6 aliphatic rings. The fourth-order valence-corrected chi connectivity index (χ4v) is 17.7. The van der Waals surface area contributed by atoms with Crippen LogP contribution < -0.4 is 38.5 Å². The Kier molecular flexibility index (Phi) is 58.5. The maximum absolute atomic E-state index is 3.36. The topological polar surface area (TPSA) is 58.3 Å². The number of hydrogen-bond donors (Lipinski definition) is 0. The van der Waals surface area contributed by atoms with Crippen LogP contribution in [0.3, 0.4) is 0 Å². The van der Waals surface area contributed by atoms with Crippen LogP contribution in [-0.2, 0) is 121 Å². The van der Waals surface area contributed by atoms with Gasteiger partial charge in [-0.1, -0.05) is 205 Å². The maximum Gasteiger partial charge on any atom is 0.300 e. The fraction of sp³-hybridized carbons (Fsp3) is 0.426. The minimum Gasteiger partial charge on any atom is -0.562 e. The average molecular weight is 2810 g/mol. The molecule has 0 aliphatic carbocycles. The van der Waals surface area contributed by atoms with Crippen LogP contribution in [-0.4, -0.2) is 198 Å². The van der Waals surface area contributed by atoms with Crippen LogP contribution in [0.15, 0.2) is 206 Å². The van der Waals surface area contributed by atoms with Gasteiger partial charge >= 0.3 is 6.98 Å². The van der Waals surface area contributed by atoms with E-state index in [1.54, 1.807) is 0 Å². The molecule has 130 heavy (non-hydrogen) atoms. The summed E-state index contributed by atoms with van der Waals surface area (Å²) in [4.78, 5) is 27.6. The first-order valence-electron chi connectivity index (χ1n) is 46.6. The second-order valence-corrected chi connectivity index (χ2v) is 34.2. The number of hydrogen-bond acceptors (Lipinski definition) is 18. The predicted molar refractivity (Wildman–Crippen MR) is 550 cm³/mol. The van der Waals surface area contributed by atoms with Crippen LogP contribution in [0.25, 0.3) is 0 Å². The molecule has 0 spiro atoms. The second-order valence-electron chi connectivity index (χ2n) is 34.2. The Bertz CT molecular complexity index is 4100. The van der Waals surface area contributed by atoms with Crippen LogP contribution in [0.5, 0.6) is 0 Å². The van der Waals surface area contributed by atoms with Gasteiger partial charge in [0.25, 0.3) is 76.8 Å².